The number of nitrogens with one attached hydrogen (secondary N) is 2. The Morgan fingerprint density at radius 3 is 2.70 bits per heavy atom. The monoisotopic (exact) mass is 377 g/mol. The van der Waals surface area contributed by atoms with Gasteiger partial charge in [0.05, 0.1) is 19.3 Å². The van der Waals surface area contributed by atoms with Gasteiger partial charge in [0.25, 0.3) is 5.91 Å². The van der Waals surface area contributed by atoms with E-state index in [1.165, 1.54) is 12.0 Å². The number of benzene rings is 1. The molecule has 3 amide bonds. The van der Waals surface area contributed by atoms with Crippen LogP contribution >= 0.6 is 0 Å². The van der Waals surface area contributed by atoms with E-state index in [2.05, 4.69) is 10.6 Å². The number of carbonyl (C=O) groups excluding carboxylic acids is 3. The van der Waals surface area contributed by atoms with Gasteiger partial charge in [0.2, 0.25) is 11.8 Å². The van der Waals surface area contributed by atoms with Gasteiger partial charge in [-0.1, -0.05) is 6.07 Å². The maximum atomic E-state index is 13.1. The smallest absolute Gasteiger partial charge is 0.258 e. The molecule has 0 spiro atoms. The van der Waals surface area contributed by atoms with Crippen LogP contribution in [0.1, 0.15) is 35.7 Å². The molecule has 2 atom stereocenters. The van der Waals surface area contributed by atoms with Gasteiger partial charge in [-0.2, -0.15) is 0 Å². The number of rotatable bonds is 7. The molecule has 148 valence electrons. The molecule has 8 heteroatoms. The minimum Gasteiger partial charge on any atom is -0.496 e. The van der Waals surface area contributed by atoms with Gasteiger partial charge in [-0.15, -0.1) is 0 Å². The summed E-state index contributed by atoms with van der Waals surface area (Å²) in [4.78, 5) is 38.9. The van der Waals surface area contributed by atoms with E-state index in [0.717, 1.165) is 5.56 Å². The number of carbonyl (C=O) groups is 3. The maximum absolute atomic E-state index is 13.1. The van der Waals surface area contributed by atoms with Gasteiger partial charge in [0, 0.05) is 25.6 Å². The van der Waals surface area contributed by atoms with E-state index in [-0.39, 0.29) is 43.3 Å². The van der Waals surface area contributed by atoms with Gasteiger partial charge in [0.1, 0.15) is 11.8 Å². The molecule has 8 nitrogen and oxygen atoms in total. The van der Waals surface area contributed by atoms with Crippen molar-refractivity contribution in [2.75, 3.05) is 26.8 Å². The first kappa shape index (κ1) is 20.7. The summed E-state index contributed by atoms with van der Waals surface area (Å²) in [6, 6.07) is 4.24. The van der Waals surface area contributed by atoms with E-state index in [1.54, 1.807) is 12.1 Å². The molecule has 0 aromatic heterocycles. The number of nitrogens with zero attached hydrogens (tertiary/aromatic N) is 1. The van der Waals surface area contributed by atoms with E-state index >= 15 is 0 Å². The minimum absolute atomic E-state index is 0.0119. The molecule has 0 saturated carbocycles. The van der Waals surface area contributed by atoms with Crippen LogP contribution in [0.3, 0.4) is 0 Å². The third-order valence-electron chi connectivity index (χ3n) is 4.51. The number of hydrogen-bond donors (Lipinski definition) is 3. The molecule has 27 heavy (non-hydrogen) atoms. The fourth-order valence-electron chi connectivity index (χ4n) is 3.24. The van der Waals surface area contributed by atoms with Crippen molar-refractivity contribution in [3.63, 3.8) is 0 Å². The third kappa shape index (κ3) is 4.97. The largest absolute Gasteiger partial charge is 0.496 e. The highest BCUT2D eigenvalue weighted by molar-refractivity contribution is 6.00. The Hall–Kier alpha value is -2.61. The molecule has 1 saturated heterocycles. The van der Waals surface area contributed by atoms with Gasteiger partial charge in [-0.25, -0.2) is 0 Å². The van der Waals surface area contributed by atoms with E-state index in [1.807, 2.05) is 19.9 Å². The molecule has 1 aromatic carbocycles. The van der Waals surface area contributed by atoms with Crippen LogP contribution in [0.25, 0.3) is 0 Å². The van der Waals surface area contributed by atoms with Crippen molar-refractivity contribution < 1.29 is 24.2 Å². The standard InChI is InChI=1S/C19H27N3O5/c1-4-20-18(25)15-10-13(21-17(24)7-8-23)11-22(15)19(26)14-6-5-12(2)9-16(14)27-3/h5-6,9,13,15,23H,4,7-8,10-11H2,1-3H3,(H,20,25)(H,21,24)/t13-,15+/m1/s1. The minimum atomic E-state index is -0.678. The normalized spacial score (nSPS) is 18.9. The Bertz CT molecular complexity index is 707. The lowest BCUT2D eigenvalue weighted by atomic mass is 10.1. The molecule has 1 heterocycles. The summed E-state index contributed by atoms with van der Waals surface area (Å²) in [6.07, 6.45) is 0.310. The molecule has 2 rings (SSSR count). The molecule has 0 unspecified atom stereocenters. The number of aliphatic hydroxyl groups excluding tert-OH is 1. The Labute approximate surface area is 158 Å². The zero-order valence-corrected chi connectivity index (χ0v) is 15.9. The van der Waals surface area contributed by atoms with Crippen molar-refractivity contribution in [1.82, 2.24) is 15.5 Å². The van der Waals surface area contributed by atoms with Crippen molar-refractivity contribution in [2.45, 2.75) is 38.8 Å². The summed E-state index contributed by atoms with van der Waals surface area (Å²) in [5.41, 5.74) is 1.33. The molecular weight excluding hydrogens is 350 g/mol. The van der Waals surface area contributed by atoms with Crippen LogP contribution in [0.5, 0.6) is 5.75 Å². The first-order valence-corrected chi connectivity index (χ1v) is 9.04. The number of aliphatic hydroxyl groups is 1. The average Bonchev–Trinajstić information content (AvgIpc) is 3.05. The van der Waals surface area contributed by atoms with Crippen LogP contribution in [-0.2, 0) is 9.59 Å². The van der Waals surface area contributed by atoms with Crippen LogP contribution in [0.15, 0.2) is 18.2 Å². The summed E-state index contributed by atoms with van der Waals surface area (Å²) in [5.74, 6) is -0.431. The Kier molecular flexibility index (Phi) is 7.18. The number of hydrogen-bond acceptors (Lipinski definition) is 5. The molecular formula is C19H27N3O5. The number of likely N-dealkylation sites (tertiary alicyclic amines) is 1. The highest BCUT2D eigenvalue weighted by Crippen LogP contribution is 2.26. The third-order valence-corrected chi connectivity index (χ3v) is 4.51. The Balaban J connectivity index is 2.25. The second-order valence-corrected chi connectivity index (χ2v) is 6.55. The van der Waals surface area contributed by atoms with E-state index in [4.69, 9.17) is 9.84 Å². The van der Waals surface area contributed by atoms with Crippen LogP contribution < -0.4 is 15.4 Å². The Morgan fingerprint density at radius 2 is 2.07 bits per heavy atom. The molecule has 0 bridgehead atoms. The van der Waals surface area contributed by atoms with Gasteiger partial charge in [-0.05, 0) is 38.0 Å². The van der Waals surface area contributed by atoms with Crippen molar-refractivity contribution in [3.05, 3.63) is 29.3 Å². The number of likely N-dealkylation sites (N-methyl/N-ethyl adjacent to an activating group) is 1. The second kappa shape index (κ2) is 9.36. The lowest BCUT2D eigenvalue weighted by Gasteiger charge is -2.24. The van der Waals surface area contributed by atoms with E-state index in [9.17, 15) is 14.4 Å². The molecule has 0 aliphatic carbocycles. The fraction of sp³-hybridized carbons (Fsp3) is 0.526. The molecule has 0 radical (unpaired) electrons. The maximum Gasteiger partial charge on any atom is 0.258 e. The lowest BCUT2D eigenvalue weighted by Crippen LogP contribution is -2.46. The number of ether oxygens (including phenoxy) is 1. The average molecular weight is 377 g/mol. The highest BCUT2D eigenvalue weighted by Gasteiger charge is 2.40. The summed E-state index contributed by atoms with van der Waals surface area (Å²) in [6.45, 7) is 4.13. The van der Waals surface area contributed by atoms with E-state index in [0.29, 0.717) is 24.3 Å². The van der Waals surface area contributed by atoms with Crippen molar-refractivity contribution in [2.24, 2.45) is 0 Å². The quantitative estimate of drug-likeness (QED) is 0.630. The highest BCUT2D eigenvalue weighted by atomic mass is 16.5. The summed E-state index contributed by atoms with van der Waals surface area (Å²) < 4.78 is 5.33. The molecule has 1 aromatic rings. The van der Waals surface area contributed by atoms with Crippen LogP contribution in [0, 0.1) is 6.92 Å². The molecule has 3 N–H and O–H groups in total. The first-order valence-electron chi connectivity index (χ1n) is 9.04. The number of methoxy groups -OCH3 is 1. The summed E-state index contributed by atoms with van der Waals surface area (Å²) in [7, 11) is 1.49. The summed E-state index contributed by atoms with van der Waals surface area (Å²) in [5, 5.41) is 14.4. The van der Waals surface area contributed by atoms with Crippen LogP contribution in [0.4, 0.5) is 0 Å². The van der Waals surface area contributed by atoms with Crippen molar-refractivity contribution >= 4 is 17.7 Å². The zero-order valence-electron chi connectivity index (χ0n) is 15.9. The van der Waals surface area contributed by atoms with E-state index < -0.39 is 6.04 Å². The van der Waals surface area contributed by atoms with Gasteiger partial charge in [-0.3, -0.25) is 14.4 Å². The molecule has 1 aliphatic rings. The predicted molar refractivity (Wildman–Crippen MR) is 99.5 cm³/mol. The second-order valence-electron chi connectivity index (χ2n) is 6.55. The van der Waals surface area contributed by atoms with Crippen LogP contribution in [-0.4, -0.2) is 66.6 Å². The van der Waals surface area contributed by atoms with Crippen molar-refractivity contribution in [1.29, 1.82) is 0 Å². The van der Waals surface area contributed by atoms with Gasteiger partial charge in [0.15, 0.2) is 0 Å². The summed E-state index contributed by atoms with van der Waals surface area (Å²) >= 11 is 0. The fourth-order valence-corrected chi connectivity index (χ4v) is 3.24. The molecule has 1 aliphatic heterocycles. The first-order chi connectivity index (χ1) is 12.9. The lowest BCUT2D eigenvalue weighted by molar-refractivity contribution is -0.125. The number of aryl methyl sites for hydroxylation is 1. The topological polar surface area (TPSA) is 108 Å². The van der Waals surface area contributed by atoms with Gasteiger partial charge >= 0.3 is 0 Å². The molecule has 1 fully saturated rings. The predicted octanol–water partition coefficient (Wildman–Crippen LogP) is 0.221. The van der Waals surface area contributed by atoms with Crippen LogP contribution in [0.2, 0.25) is 0 Å². The van der Waals surface area contributed by atoms with Gasteiger partial charge < -0.3 is 25.4 Å². The zero-order chi connectivity index (χ0) is 20.0. The number of amides is 3. The Morgan fingerprint density at radius 1 is 1.33 bits per heavy atom. The SMILES string of the molecule is CCNC(=O)[C@@H]1C[C@@H](NC(=O)CCO)CN1C(=O)c1ccc(C)cc1OC. The van der Waals surface area contributed by atoms with Crippen molar-refractivity contribution in [3.8, 4) is 5.75 Å².